The van der Waals surface area contributed by atoms with Gasteiger partial charge in [-0.1, -0.05) is 6.07 Å². The summed E-state index contributed by atoms with van der Waals surface area (Å²) >= 11 is 0. The number of hydrogen-bond donors (Lipinski definition) is 1. The molecule has 2 nitrogen and oxygen atoms in total. The predicted molar refractivity (Wildman–Crippen MR) is 59.3 cm³/mol. The zero-order chi connectivity index (χ0) is 11.5. The molecule has 1 N–H and O–H groups in total. The lowest BCUT2D eigenvalue weighted by atomic mass is 10.0. The minimum atomic E-state index is -0.780. The summed E-state index contributed by atoms with van der Waals surface area (Å²) in [6, 6.07) is 4.45. The minimum Gasteiger partial charge on any atom is -0.311 e. The number of benzene rings is 1. The number of nitrogens with zero attached hydrogens (tertiary/aromatic N) is 1. The van der Waals surface area contributed by atoms with Crippen molar-refractivity contribution in [3.05, 3.63) is 35.4 Å². The Morgan fingerprint density at radius 2 is 2.19 bits per heavy atom. The Morgan fingerprint density at radius 1 is 1.38 bits per heavy atom. The van der Waals surface area contributed by atoms with E-state index in [1.165, 1.54) is 12.1 Å². The minimum absolute atomic E-state index is 0.323. The number of halogens is 2. The summed E-state index contributed by atoms with van der Waals surface area (Å²) in [5, 5.41) is 3.37. The maximum absolute atomic E-state index is 13.0. The molecule has 1 aromatic rings. The first kappa shape index (κ1) is 11.5. The Hall–Kier alpha value is -1.00. The van der Waals surface area contributed by atoms with Gasteiger partial charge in [-0.25, -0.2) is 8.78 Å². The van der Waals surface area contributed by atoms with Crippen molar-refractivity contribution in [3.63, 3.8) is 0 Å². The molecule has 0 bridgehead atoms. The first-order valence-electron chi connectivity index (χ1n) is 5.51. The van der Waals surface area contributed by atoms with Gasteiger partial charge < -0.3 is 10.2 Å². The largest absolute Gasteiger partial charge is 0.311 e. The summed E-state index contributed by atoms with van der Waals surface area (Å²) in [5.41, 5.74) is 0.840. The highest BCUT2D eigenvalue weighted by Crippen LogP contribution is 2.11. The third-order valence-corrected chi connectivity index (χ3v) is 2.92. The third-order valence-electron chi connectivity index (χ3n) is 2.92. The molecule has 1 aromatic carbocycles. The molecule has 0 spiro atoms. The number of rotatable bonds is 2. The van der Waals surface area contributed by atoms with Crippen LogP contribution in [0.5, 0.6) is 0 Å². The van der Waals surface area contributed by atoms with Crippen molar-refractivity contribution < 1.29 is 8.78 Å². The summed E-state index contributed by atoms with van der Waals surface area (Å²) in [6.45, 7) is 2.93. The van der Waals surface area contributed by atoms with E-state index >= 15 is 0 Å². The second kappa shape index (κ2) is 4.89. The molecule has 1 aliphatic heterocycles. The van der Waals surface area contributed by atoms with Crippen molar-refractivity contribution in [2.75, 3.05) is 26.7 Å². The molecule has 0 saturated carbocycles. The van der Waals surface area contributed by atoms with Crippen LogP contribution in [0.4, 0.5) is 8.78 Å². The second-order valence-corrected chi connectivity index (χ2v) is 4.37. The van der Waals surface area contributed by atoms with Crippen LogP contribution in [0.25, 0.3) is 0 Å². The van der Waals surface area contributed by atoms with Gasteiger partial charge in [-0.05, 0) is 31.2 Å². The molecule has 16 heavy (non-hydrogen) atoms. The average Bonchev–Trinajstić information content (AvgIpc) is 2.24. The van der Waals surface area contributed by atoms with Crippen LogP contribution in [0, 0.1) is 11.6 Å². The number of likely N-dealkylation sites (N-methyl/N-ethyl adjacent to an activating group) is 1. The zero-order valence-electron chi connectivity index (χ0n) is 9.34. The van der Waals surface area contributed by atoms with Crippen LogP contribution >= 0.6 is 0 Å². The summed E-state index contributed by atoms with van der Waals surface area (Å²) in [6.07, 6.45) is 0.738. The molecule has 1 aliphatic rings. The maximum atomic E-state index is 13.0. The van der Waals surface area contributed by atoms with E-state index < -0.39 is 11.6 Å². The van der Waals surface area contributed by atoms with E-state index in [-0.39, 0.29) is 0 Å². The van der Waals surface area contributed by atoms with Crippen molar-refractivity contribution in [2.45, 2.75) is 12.5 Å². The molecule has 88 valence electrons. The molecule has 2 rings (SSSR count). The molecule has 1 heterocycles. The Kier molecular flexibility index (Phi) is 3.51. The number of hydrogen-bond acceptors (Lipinski definition) is 2. The van der Waals surface area contributed by atoms with E-state index in [0.717, 1.165) is 31.6 Å². The van der Waals surface area contributed by atoms with Crippen molar-refractivity contribution in [3.8, 4) is 0 Å². The van der Waals surface area contributed by atoms with Crippen molar-refractivity contribution in [1.82, 2.24) is 10.2 Å². The third kappa shape index (κ3) is 2.77. The first-order chi connectivity index (χ1) is 7.65. The van der Waals surface area contributed by atoms with Crippen LogP contribution in [-0.4, -0.2) is 37.6 Å². The van der Waals surface area contributed by atoms with Crippen LogP contribution in [0.2, 0.25) is 0 Å². The fourth-order valence-electron chi connectivity index (χ4n) is 2.08. The van der Waals surface area contributed by atoms with Gasteiger partial charge in [0.05, 0.1) is 0 Å². The summed E-state index contributed by atoms with van der Waals surface area (Å²) in [4.78, 5) is 2.24. The van der Waals surface area contributed by atoms with Crippen molar-refractivity contribution in [2.24, 2.45) is 0 Å². The summed E-state index contributed by atoms with van der Waals surface area (Å²) < 4.78 is 25.7. The first-order valence-corrected chi connectivity index (χ1v) is 5.51. The summed E-state index contributed by atoms with van der Waals surface area (Å²) in [5.74, 6) is -1.54. The second-order valence-electron chi connectivity index (χ2n) is 4.37. The standard InChI is InChI=1S/C12H16F2N2/c1-16-5-4-15-10(8-16)6-9-2-3-11(13)12(14)7-9/h2-3,7,10,15H,4-6,8H2,1H3. The van der Waals surface area contributed by atoms with Gasteiger partial charge in [0.15, 0.2) is 11.6 Å². The quantitative estimate of drug-likeness (QED) is 0.820. The Balaban J connectivity index is 2.00. The topological polar surface area (TPSA) is 15.3 Å². The molecule has 0 radical (unpaired) electrons. The lowest BCUT2D eigenvalue weighted by Gasteiger charge is -2.31. The van der Waals surface area contributed by atoms with Gasteiger partial charge in [0.25, 0.3) is 0 Å². The average molecular weight is 226 g/mol. The van der Waals surface area contributed by atoms with Crippen molar-refractivity contribution >= 4 is 0 Å². The van der Waals surface area contributed by atoms with Gasteiger partial charge >= 0.3 is 0 Å². The zero-order valence-corrected chi connectivity index (χ0v) is 9.34. The lowest BCUT2D eigenvalue weighted by molar-refractivity contribution is 0.238. The predicted octanol–water partition coefficient (Wildman–Crippen LogP) is 1.41. The van der Waals surface area contributed by atoms with Crippen LogP contribution < -0.4 is 5.32 Å². The van der Waals surface area contributed by atoms with Crippen LogP contribution in [0.15, 0.2) is 18.2 Å². The molecule has 1 fully saturated rings. The highest BCUT2D eigenvalue weighted by molar-refractivity contribution is 5.19. The molecule has 1 atom stereocenters. The van der Waals surface area contributed by atoms with Gasteiger partial charge in [0.2, 0.25) is 0 Å². The van der Waals surface area contributed by atoms with Gasteiger partial charge in [0, 0.05) is 25.7 Å². The smallest absolute Gasteiger partial charge is 0.159 e. The molecule has 4 heteroatoms. The lowest BCUT2D eigenvalue weighted by Crippen LogP contribution is -2.49. The highest BCUT2D eigenvalue weighted by Gasteiger charge is 2.17. The molecule has 0 amide bonds. The summed E-state index contributed by atoms with van der Waals surface area (Å²) in [7, 11) is 2.07. The SMILES string of the molecule is CN1CCNC(Cc2ccc(F)c(F)c2)C1. The van der Waals surface area contributed by atoms with E-state index in [2.05, 4.69) is 17.3 Å². The molecule has 0 aliphatic carbocycles. The highest BCUT2D eigenvalue weighted by atomic mass is 19.2. The fraction of sp³-hybridized carbons (Fsp3) is 0.500. The molecular weight excluding hydrogens is 210 g/mol. The van der Waals surface area contributed by atoms with Crippen molar-refractivity contribution in [1.29, 1.82) is 0 Å². The fourth-order valence-corrected chi connectivity index (χ4v) is 2.08. The Labute approximate surface area is 94.3 Å². The van der Waals surface area contributed by atoms with E-state index in [0.29, 0.717) is 6.04 Å². The van der Waals surface area contributed by atoms with Gasteiger partial charge in [-0.3, -0.25) is 0 Å². The van der Waals surface area contributed by atoms with E-state index in [4.69, 9.17) is 0 Å². The molecule has 0 aromatic heterocycles. The van der Waals surface area contributed by atoms with Crippen LogP contribution in [0.1, 0.15) is 5.56 Å². The van der Waals surface area contributed by atoms with Gasteiger partial charge in [-0.15, -0.1) is 0 Å². The van der Waals surface area contributed by atoms with E-state index in [1.54, 1.807) is 6.07 Å². The maximum Gasteiger partial charge on any atom is 0.159 e. The van der Waals surface area contributed by atoms with E-state index in [9.17, 15) is 8.78 Å². The van der Waals surface area contributed by atoms with Crippen LogP contribution in [0.3, 0.4) is 0 Å². The molecule has 1 unspecified atom stereocenters. The number of piperazine rings is 1. The van der Waals surface area contributed by atoms with Gasteiger partial charge in [-0.2, -0.15) is 0 Å². The monoisotopic (exact) mass is 226 g/mol. The Morgan fingerprint density at radius 3 is 2.88 bits per heavy atom. The molecular formula is C12H16F2N2. The normalized spacial score (nSPS) is 22.3. The molecule has 1 saturated heterocycles. The Bertz CT molecular complexity index is 368. The van der Waals surface area contributed by atoms with Gasteiger partial charge in [0.1, 0.15) is 0 Å². The number of nitrogens with one attached hydrogen (secondary N) is 1. The van der Waals surface area contributed by atoms with Crippen LogP contribution in [-0.2, 0) is 6.42 Å². The van der Waals surface area contributed by atoms with E-state index in [1.807, 2.05) is 0 Å².